The van der Waals surface area contributed by atoms with E-state index in [0.717, 1.165) is 0 Å². The van der Waals surface area contributed by atoms with E-state index in [1.54, 1.807) is 0 Å². The lowest BCUT2D eigenvalue weighted by atomic mass is 10.2. The van der Waals surface area contributed by atoms with Gasteiger partial charge in [-0.05, 0) is 24.3 Å². The molecule has 18 heavy (non-hydrogen) atoms. The van der Waals surface area contributed by atoms with Gasteiger partial charge in [0, 0.05) is 12.1 Å². The molecule has 5 nitrogen and oxygen atoms in total. The van der Waals surface area contributed by atoms with Crippen molar-refractivity contribution in [1.29, 1.82) is 0 Å². The first-order valence-corrected chi connectivity index (χ1v) is 5.02. The molecule has 0 aliphatic carbocycles. The number of benzene rings is 1. The van der Waals surface area contributed by atoms with Crippen molar-refractivity contribution in [2.75, 3.05) is 5.32 Å². The summed E-state index contributed by atoms with van der Waals surface area (Å²) in [5.74, 6) is 0.499. The third-order valence-electron chi connectivity index (χ3n) is 2.03. The van der Waals surface area contributed by atoms with Gasteiger partial charge in [-0.3, -0.25) is 0 Å². The maximum Gasteiger partial charge on any atom is 0.327 e. The highest BCUT2D eigenvalue weighted by molar-refractivity contribution is 5.92. The van der Waals surface area contributed by atoms with E-state index in [4.69, 9.17) is 11.5 Å². The van der Waals surface area contributed by atoms with Gasteiger partial charge in [0.1, 0.15) is 11.9 Å². The molecular weight excluding hydrogens is 239 g/mol. The van der Waals surface area contributed by atoms with Crippen molar-refractivity contribution in [3.8, 4) is 12.3 Å². The van der Waals surface area contributed by atoms with E-state index in [2.05, 4.69) is 16.6 Å². The zero-order valence-corrected chi connectivity index (χ0v) is 9.31. The Kier molecular flexibility index (Phi) is 4.69. The first kappa shape index (κ1) is 13.5. The zero-order valence-electron chi connectivity index (χ0n) is 9.31. The first-order chi connectivity index (χ1) is 8.52. The predicted octanol–water partition coefficient (Wildman–Crippen LogP) is 1.42. The summed E-state index contributed by atoms with van der Waals surface area (Å²) in [6.45, 7) is 0. The van der Waals surface area contributed by atoms with Crippen LogP contribution in [0.3, 0.4) is 0 Å². The van der Waals surface area contributed by atoms with E-state index in [1.165, 1.54) is 24.3 Å². The summed E-state index contributed by atoms with van der Waals surface area (Å²) in [7, 11) is 0. The minimum Gasteiger partial charge on any atom is -0.480 e. The monoisotopic (exact) mass is 250 g/mol. The number of nitrogens with one attached hydrogen (secondary N) is 2. The van der Waals surface area contributed by atoms with Gasteiger partial charge in [-0.25, -0.2) is 14.0 Å². The Hall–Kier alpha value is -2.55. The second-order valence-electron chi connectivity index (χ2n) is 3.40. The molecule has 0 saturated carbocycles. The number of aliphatic carboxylic acids is 1. The van der Waals surface area contributed by atoms with Crippen LogP contribution in [0.25, 0.3) is 0 Å². The van der Waals surface area contributed by atoms with Gasteiger partial charge in [0.2, 0.25) is 0 Å². The topological polar surface area (TPSA) is 78.4 Å². The summed E-state index contributed by atoms with van der Waals surface area (Å²) in [5, 5.41) is 13.3. The maximum atomic E-state index is 12.6. The number of halogens is 1. The van der Waals surface area contributed by atoms with Crippen LogP contribution < -0.4 is 10.6 Å². The van der Waals surface area contributed by atoms with Gasteiger partial charge >= 0.3 is 12.0 Å². The predicted molar refractivity (Wildman–Crippen MR) is 63.4 cm³/mol. The molecule has 0 aromatic heterocycles. The molecule has 0 radical (unpaired) electrons. The average Bonchev–Trinajstić information content (AvgIpc) is 2.31. The van der Waals surface area contributed by atoms with E-state index in [-0.39, 0.29) is 6.42 Å². The minimum absolute atomic E-state index is 0.119. The normalized spacial score (nSPS) is 11.1. The summed E-state index contributed by atoms with van der Waals surface area (Å²) >= 11 is 0. The molecule has 1 aromatic carbocycles. The number of rotatable bonds is 4. The van der Waals surface area contributed by atoms with Crippen molar-refractivity contribution < 1.29 is 19.1 Å². The van der Waals surface area contributed by atoms with Crippen molar-refractivity contribution in [1.82, 2.24) is 5.32 Å². The Bertz CT molecular complexity index is 479. The summed E-state index contributed by atoms with van der Waals surface area (Å²) < 4.78 is 12.6. The average molecular weight is 250 g/mol. The molecule has 0 bridgehead atoms. The number of hydrogen-bond donors (Lipinski definition) is 3. The van der Waals surface area contributed by atoms with Crippen LogP contribution in [0.15, 0.2) is 24.3 Å². The molecule has 0 spiro atoms. The number of amides is 2. The van der Waals surface area contributed by atoms with Gasteiger partial charge in [0.25, 0.3) is 0 Å². The van der Waals surface area contributed by atoms with Gasteiger partial charge in [-0.2, -0.15) is 0 Å². The molecule has 2 amide bonds. The van der Waals surface area contributed by atoms with Crippen LogP contribution in [0.1, 0.15) is 6.42 Å². The molecule has 3 N–H and O–H groups in total. The smallest absolute Gasteiger partial charge is 0.327 e. The molecule has 6 heteroatoms. The highest BCUT2D eigenvalue weighted by Crippen LogP contribution is 2.07. The number of carbonyl (C=O) groups is 2. The standard InChI is InChI=1S/C12H11FN2O3/c1-2-3-10(11(16)17)15-12(18)14-9-6-4-8(13)5-7-9/h1,4-7,10H,3H2,(H,16,17)(H2,14,15,18). The number of hydrogen-bond acceptors (Lipinski definition) is 2. The third kappa shape index (κ3) is 4.14. The van der Waals surface area contributed by atoms with Crippen molar-refractivity contribution in [2.45, 2.75) is 12.5 Å². The van der Waals surface area contributed by atoms with Crippen LogP contribution in [0.5, 0.6) is 0 Å². The first-order valence-electron chi connectivity index (χ1n) is 5.02. The molecule has 0 fully saturated rings. The van der Waals surface area contributed by atoms with Gasteiger partial charge in [-0.1, -0.05) is 0 Å². The second-order valence-corrected chi connectivity index (χ2v) is 3.40. The van der Waals surface area contributed by atoms with Crippen LogP contribution in [-0.2, 0) is 4.79 Å². The molecule has 0 saturated heterocycles. The summed E-state index contributed by atoms with van der Waals surface area (Å²) in [6.07, 6.45) is 4.87. The second kappa shape index (κ2) is 6.25. The fourth-order valence-corrected chi connectivity index (χ4v) is 1.18. The molecule has 0 aliphatic rings. The van der Waals surface area contributed by atoms with Crippen LogP contribution >= 0.6 is 0 Å². The van der Waals surface area contributed by atoms with Crippen molar-refractivity contribution >= 4 is 17.7 Å². The molecule has 0 aliphatic heterocycles. The van der Waals surface area contributed by atoms with Gasteiger partial charge in [-0.15, -0.1) is 12.3 Å². The van der Waals surface area contributed by atoms with E-state index in [0.29, 0.717) is 5.69 Å². The van der Waals surface area contributed by atoms with Crippen LogP contribution in [-0.4, -0.2) is 23.1 Å². The molecule has 1 rings (SSSR count). The van der Waals surface area contributed by atoms with E-state index in [9.17, 15) is 14.0 Å². The Morgan fingerprint density at radius 3 is 2.50 bits per heavy atom. The number of terminal acetylenes is 1. The summed E-state index contributed by atoms with van der Waals surface area (Å²) in [4.78, 5) is 22.2. The highest BCUT2D eigenvalue weighted by Gasteiger charge is 2.18. The van der Waals surface area contributed by atoms with Gasteiger partial charge in [0.15, 0.2) is 0 Å². The minimum atomic E-state index is -1.22. The number of carboxylic acids is 1. The molecular formula is C12H11FN2O3. The lowest BCUT2D eigenvalue weighted by Crippen LogP contribution is -2.42. The lowest BCUT2D eigenvalue weighted by molar-refractivity contribution is -0.139. The molecule has 1 atom stereocenters. The molecule has 1 aromatic rings. The van der Waals surface area contributed by atoms with E-state index in [1.807, 2.05) is 0 Å². The van der Waals surface area contributed by atoms with E-state index >= 15 is 0 Å². The lowest BCUT2D eigenvalue weighted by Gasteiger charge is -2.12. The van der Waals surface area contributed by atoms with Crippen LogP contribution in [0, 0.1) is 18.2 Å². The van der Waals surface area contributed by atoms with Crippen molar-refractivity contribution in [2.24, 2.45) is 0 Å². The molecule has 1 unspecified atom stereocenters. The molecule has 94 valence electrons. The third-order valence-corrected chi connectivity index (χ3v) is 2.03. The van der Waals surface area contributed by atoms with Gasteiger partial charge < -0.3 is 15.7 Å². The Morgan fingerprint density at radius 1 is 1.39 bits per heavy atom. The number of carboxylic acid groups (broad SMARTS) is 1. The quantitative estimate of drug-likeness (QED) is 0.707. The Balaban J connectivity index is 2.58. The fraction of sp³-hybridized carbons (Fsp3) is 0.167. The highest BCUT2D eigenvalue weighted by atomic mass is 19.1. The number of urea groups is 1. The summed E-state index contributed by atoms with van der Waals surface area (Å²) in [6, 6.07) is 3.18. The Labute approximate surface area is 103 Å². The number of carbonyl (C=O) groups excluding carboxylic acids is 1. The van der Waals surface area contributed by atoms with Crippen LogP contribution in [0.2, 0.25) is 0 Å². The van der Waals surface area contributed by atoms with E-state index < -0.39 is 23.9 Å². The summed E-state index contributed by atoms with van der Waals surface area (Å²) in [5.41, 5.74) is 0.346. The fourth-order valence-electron chi connectivity index (χ4n) is 1.18. The molecule has 0 heterocycles. The zero-order chi connectivity index (χ0) is 13.5. The van der Waals surface area contributed by atoms with Gasteiger partial charge in [0.05, 0.1) is 0 Å². The Morgan fingerprint density at radius 2 is 2.00 bits per heavy atom. The van der Waals surface area contributed by atoms with Crippen molar-refractivity contribution in [3.05, 3.63) is 30.1 Å². The van der Waals surface area contributed by atoms with Crippen LogP contribution in [0.4, 0.5) is 14.9 Å². The largest absolute Gasteiger partial charge is 0.480 e. The maximum absolute atomic E-state index is 12.6. The van der Waals surface area contributed by atoms with Crippen molar-refractivity contribution in [3.63, 3.8) is 0 Å². The number of anilines is 1. The SMILES string of the molecule is C#CCC(NC(=O)Nc1ccc(F)cc1)C(=O)O.